The molecule has 0 bridgehead atoms. The zero-order valence-electron chi connectivity index (χ0n) is 14.0. The number of carbonyl (C=O) groups is 2. The van der Waals surface area contributed by atoms with Gasteiger partial charge in [0.1, 0.15) is 0 Å². The van der Waals surface area contributed by atoms with Crippen LogP contribution >= 0.6 is 0 Å². The predicted molar refractivity (Wildman–Crippen MR) is 87.0 cm³/mol. The maximum atomic E-state index is 12.6. The maximum absolute atomic E-state index is 12.6. The number of benzene rings is 1. The first-order valence-electron chi connectivity index (χ1n) is 8.20. The standard InChI is InChI=1S/C17H22F2N2O4/c1-24-13-8-4-7-12(15(13)25-17(18)19)16(23)20-10-9-14(22)21-11-5-2-3-6-11/h4,7-8,11,17H,2-3,5-6,9-10H2,1H3,(H,20,23)(H,21,22). The summed E-state index contributed by atoms with van der Waals surface area (Å²) in [5, 5.41) is 5.45. The Labute approximate surface area is 144 Å². The van der Waals surface area contributed by atoms with E-state index in [0.29, 0.717) is 0 Å². The molecule has 0 radical (unpaired) electrons. The first kappa shape index (κ1) is 19.0. The van der Waals surface area contributed by atoms with Crippen molar-refractivity contribution < 1.29 is 27.8 Å². The number of rotatable bonds is 8. The molecule has 0 saturated heterocycles. The van der Waals surface area contributed by atoms with Crippen LogP contribution in [-0.2, 0) is 4.79 Å². The zero-order chi connectivity index (χ0) is 18.2. The highest BCUT2D eigenvalue weighted by Gasteiger charge is 2.21. The van der Waals surface area contributed by atoms with Crippen molar-refractivity contribution in [3.63, 3.8) is 0 Å². The number of alkyl halides is 2. The van der Waals surface area contributed by atoms with E-state index in [0.717, 1.165) is 25.7 Å². The molecular weight excluding hydrogens is 334 g/mol. The van der Waals surface area contributed by atoms with Gasteiger partial charge in [-0.25, -0.2) is 0 Å². The van der Waals surface area contributed by atoms with Gasteiger partial charge in [-0.3, -0.25) is 9.59 Å². The SMILES string of the molecule is COc1cccc(C(=O)NCCC(=O)NC2CCCC2)c1OC(F)F. The summed E-state index contributed by atoms with van der Waals surface area (Å²) < 4.78 is 34.5. The number of nitrogens with one attached hydrogen (secondary N) is 2. The molecule has 1 aliphatic rings. The van der Waals surface area contributed by atoms with Gasteiger partial charge in [0, 0.05) is 19.0 Å². The summed E-state index contributed by atoms with van der Waals surface area (Å²) in [5.74, 6) is -1.04. The summed E-state index contributed by atoms with van der Waals surface area (Å²) >= 11 is 0. The molecule has 1 aliphatic carbocycles. The molecule has 2 N–H and O–H groups in total. The average Bonchev–Trinajstić information content (AvgIpc) is 3.07. The fourth-order valence-corrected chi connectivity index (χ4v) is 2.82. The van der Waals surface area contributed by atoms with E-state index in [4.69, 9.17) is 4.74 Å². The lowest BCUT2D eigenvalue weighted by Gasteiger charge is -2.15. The topological polar surface area (TPSA) is 76.7 Å². The van der Waals surface area contributed by atoms with Crippen LogP contribution in [0.4, 0.5) is 8.78 Å². The van der Waals surface area contributed by atoms with Gasteiger partial charge in [0.25, 0.3) is 5.91 Å². The molecule has 0 aliphatic heterocycles. The Morgan fingerprint density at radius 3 is 2.64 bits per heavy atom. The largest absolute Gasteiger partial charge is 0.493 e. The van der Waals surface area contributed by atoms with Crippen LogP contribution in [0.3, 0.4) is 0 Å². The fourth-order valence-electron chi connectivity index (χ4n) is 2.82. The first-order valence-corrected chi connectivity index (χ1v) is 8.20. The molecule has 1 fully saturated rings. The van der Waals surface area contributed by atoms with Gasteiger partial charge in [0.2, 0.25) is 5.91 Å². The van der Waals surface area contributed by atoms with Gasteiger partial charge in [-0.05, 0) is 25.0 Å². The lowest BCUT2D eigenvalue weighted by atomic mass is 10.1. The molecule has 0 heterocycles. The van der Waals surface area contributed by atoms with Crippen molar-refractivity contribution in [3.05, 3.63) is 23.8 Å². The lowest BCUT2D eigenvalue weighted by Crippen LogP contribution is -2.35. The molecule has 0 unspecified atom stereocenters. The molecule has 6 nitrogen and oxygen atoms in total. The van der Waals surface area contributed by atoms with E-state index in [9.17, 15) is 18.4 Å². The van der Waals surface area contributed by atoms with E-state index in [-0.39, 0.29) is 42.0 Å². The Balaban J connectivity index is 1.90. The highest BCUT2D eigenvalue weighted by molar-refractivity contribution is 5.98. The Bertz CT molecular complexity index is 604. The normalized spacial score (nSPS) is 14.4. The van der Waals surface area contributed by atoms with Crippen molar-refractivity contribution in [2.24, 2.45) is 0 Å². The third-order valence-electron chi connectivity index (χ3n) is 4.01. The van der Waals surface area contributed by atoms with E-state index < -0.39 is 12.5 Å². The van der Waals surface area contributed by atoms with Crippen molar-refractivity contribution in [3.8, 4) is 11.5 Å². The van der Waals surface area contributed by atoms with Crippen molar-refractivity contribution in [1.82, 2.24) is 10.6 Å². The number of carbonyl (C=O) groups excluding carboxylic acids is 2. The molecular formula is C17H22F2N2O4. The van der Waals surface area contributed by atoms with Crippen LogP contribution in [0, 0.1) is 0 Å². The minimum atomic E-state index is -3.08. The third-order valence-corrected chi connectivity index (χ3v) is 4.01. The smallest absolute Gasteiger partial charge is 0.387 e. The van der Waals surface area contributed by atoms with Crippen molar-refractivity contribution in [1.29, 1.82) is 0 Å². The lowest BCUT2D eigenvalue weighted by molar-refractivity contribution is -0.121. The van der Waals surface area contributed by atoms with Crippen LogP contribution in [0.25, 0.3) is 0 Å². The average molecular weight is 356 g/mol. The molecule has 1 aromatic rings. The number of para-hydroxylation sites is 1. The van der Waals surface area contributed by atoms with Crippen LogP contribution in [-0.4, -0.2) is 38.1 Å². The highest BCUT2D eigenvalue weighted by Crippen LogP contribution is 2.32. The molecule has 1 saturated carbocycles. The number of hydrogen-bond acceptors (Lipinski definition) is 4. The number of ether oxygens (including phenoxy) is 2. The molecule has 0 spiro atoms. The summed E-state index contributed by atoms with van der Waals surface area (Å²) in [7, 11) is 1.29. The Kier molecular flexibility index (Phi) is 6.97. The van der Waals surface area contributed by atoms with Crippen LogP contribution in [0.1, 0.15) is 42.5 Å². The summed E-state index contributed by atoms with van der Waals surface area (Å²) in [4.78, 5) is 24.0. The Morgan fingerprint density at radius 2 is 2.00 bits per heavy atom. The van der Waals surface area contributed by atoms with Gasteiger partial charge < -0.3 is 20.1 Å². The van der Waals surface area contributed by atoms with Crippen molar-refractivity contribution in [2.45, 2.75) is 44.8 Å². The second-order valence-corrected chi connectivity index (χ2v) is 5.77. The van der Waals surface area contributed by atoms with Crippen LogP contribution < -0.4 is 20.1 Å². The van der Waals surface area contributed by atoms with Crippen molar-refractivity contribution in [2.75, 3.05) is 13.7 Å². The van der Waals surface area contributed by atoms with Gasteiger partial charge in [0.15, 0.2) is 11.5 Å². The van der Waals surface area contributed by atoms with Crippen molar-refractivity contribution >= 4 is 11.8 Å². The van der Waals surface area contributed by atoms with E-state index in [2.05, 4.69) is 15.4 Å². The molecule has 1 aromatic carbocycles. The molecule has 138 valence electrons. The molecule has 0 atom stereocenters. The minimum Gasteiger partial charge on any atom is -0.493 e. The monoisotopic (exact) mass is 356 g/mol. The number of halogens is 2. The second kappa shape index (κ2) is 9.19. The molecule has 25 heavy (non-hydrogen) atoms. The van der Waals surface area contributed by atoms with Crippen LogP contribution in [0.2, 0.25) is 0 Å². The summed E-state index contributed by atoms with van der Waals surface area (Å²) in [6.07, 6.45) is 4.32. The van der Waals surface area contributed by atoms with Gasteiger partial charge in [-0.1, -0.05) is 18.9 Å². The summed E-state index contributed by atoms with van der Waals surface area (Å²) in [6.45, 7) is -2.98. The van der Waals surface area contributed by atoms with Crippen LogP contribution in [0.5, 0.6) is 11.5 Å². The predicted octanol–water partition coefficient (Wildman–Crippen LogP) is 2.48. The van der Waals surface area contributed by atoms with E-state index >= 15 is 0 Å². The zero-order valence-corrected chi connectivity index (χ0v) is 14.0. The van der Waals surface area contributed by atoms with E-state index in [1.165, 1.54) is 25.3 Å². The Hall–Kier alpha value is -2.38. The maximum Gasteiger partial charge on any atom is 0.387 e. The van der Waals surface area contributed by atoms with Gasteiger partial charge in [-0.15, -0.1) is 0 Å². The number of amides is 2. The second-order valence-electron chi connectivity index (χ2n) is 5.77. The molecule has 2 amide bonds. The molecule has 2 rings (SSSR count). The number of methoxy groups -OCH3 is 1. The highest BCUT2D eigenvalue weighted by atomic mass is 19.3. The summed E-state index contributed by atoms with van der Waals surface area (Å²) in [5.41, 5.74) is -0.0733. The van der Waals surface area contributed by atoms with Gasteiger partial charge >= 0.3 is 6.61 Å². The third kappa shape index (κ3) is 5.58. The van der Waals surface area contributed by atoms with Gasteiger partial charge in [0.05, 0.1) is 12.7 Å². The summed E-state index contributed by atoms with van der Waals surface area (Å²) in [6, 6.07) is 4.49. The quantitative estimate of drug-likeness (QED) is 0.750. The van der Waals surface area contributed by atoms with E-state index in [1.54, 1.807) is 0 Å². The fraction of sp³-hybridized carbons (Fsp3) is 0.529. The molecule has 0 aromatic heterocycles. The van der Waals surface area contributed by atoms with Gasteiger partial charge in [-0.2, -0.15) is 8.78 Å². The minimum absolute atomic E-state index is 0.0342. The number of hydrogen-bond donors (Lipinski definition) is 2. The molecule has 8 heteroatoms. The van der Waals surface area contributed by atoms with E-state index in [1.807, 2.05) is 0 Å². The Morgan fingerprint density at radius 1 is 1.28 bits per heavy atom. The van der Waals surface area contributed by atoms with Crippen LogP contribution in [0.15, 0.2) is 18.2 Å². The first-order chi connectivity index (χ1) is 12.0.